The smallest absolute Gasteiger partial charge is 0.243 e. The van der Waals surface area contributed by atoms with Crippen molar-refractivity contribution in [3.05, 3.63) is 23.8 Å². The molecule has 1 aliphatic rings. The van der Waals surface area contributed by atoms with Crippen molar-refractivity contribution in [3.63, 3.8) is 0 Å². The van der Waals surface area contributed by atoms with Crippen LogP contribution in [0.5, 0.6) is 5.75 Å². The molecule has 21 heavy (non-hydrogen) atoms. The van der Waals surface area contributed by atoms with E-state index < -0.39 is 10.0 Å². The highest BCUT2D eigenvalue weighted by Crippen LogP contribution is 2.26. The lowest BCUT2D eigenvalue weighted by molar-refractivity contribution is 0.181. The van der Waals surface area contributed by atoms with Crippen molar-refractivity contribution < 1.29 is 17.9 Å². The van der Waals surface area contributed by atoms with Gasteiger partial charge in [0.1, 0.15) is 5.75 Å². The average Bonchev–Trinajstić information content (AvgIpc) is 3.00. The van der Waals surface area contributed by atoms with Gasteiger partial charge in [-0.25, -0.2) is 8.42 Å². The third-order valence-electron chi connectivity index (χ3n) is 3.72. The number of methoxy groups -OCH3 is 1. The van der Waals surface area contributed by atoms with Gasteiger partial charge < -0.3 is 14.8 Å². The van der Waals surface area contributed by atoms with Crippen LogP contribution < -0.4 is 10.1 Å². The molecule has 1 saturated heterocycles. The minimum atomic E-state index is -3.52. The fraction of sp³-hybridized carbons (Fsp3) is 0.571. The summed E-state index contributed by atoms with van der Waals surface area (Å²) in [4.78, 5) is 0.281. The number of ether oxygens (including phenoxy) is 2. The fourth-order valence-electron chi connectivity index (χ4n) is 2.42. The molecule has 1 atom stereocenters. The summed E-state index contributed by atoms with van der Waals surface area (Å²) in [5, 5.41) is 3.01. The average molecular weight is 314 g/mol. The molecule has 1 aromatic rings. The van der Waals surface area contributed by atoms with Crippen LogP contribution in [0.4, 0.5) is 0 Å². The number of benzene rings is 1. The molecule has 0 radical (unpaired) electrons. The SMILES string of the molecule is CNCc1cc(S(=O)(=O)N(C)C2CCOC2)ccc1OC. The van der Waals surface area contributed by atoms with Crippen LogP contribution in [0.2, 0.25) is 0 Å². The topological polar surface area (TPSA) is 67.9 Å². The Balaban J connectivity index is 2.32. The number of rotatable bonds is 6. The number of likely N-dealkylation sites (N-methyl/N-ethyl adjacent to an activating group) is 1. The van der Waals surface area contributed by atoms with Gasteiger partial charge in [0, 0.05) is 25.8 Å². The molecule has 0 spiro atoms. The molecule has 1 heterocycles. The summed E-state index contributed by atoms with van der Waals surface area (Å²) in [6.07, 6.45) is 0.731. The molecule has 1 aromatic carbocycles. The van der Waals surface area contributed by atoms with Crippen LogP contribution in [-0.2, 0) is 21.3 Å². The van der Waals surface area contributed by atoms with Crippen LogP contribution in [0.1, 0.15) is 12.0 Å². The summed E-state index contributed by atoms with van der Waals surface area (Å²) in [7, 11) is 1.47. The lowest BCUT2D eigenvalue weighted by Gasteiger charge is -2.23. The number of sulfonamides is 1. The Morgan fingerprint density at radius 1 is 1.48 bits per heavy atom. The van der Waals surface area contributed by atoms with Gasteiger partial charge in [-0.3, -0.25) is 0 Å². The molecule has 6 nitrogen and oxygen atoms in total. The zero-order valence-electron chi connectivity index (χ0n) is 12.6. The molecule has 0 bridgehead atoms. The van der Waals surface area contributed by atoms with E-state index in [0.29, 0.717) is 25.5 Å². The number of nitrogens with zero attached hydrogens (tertiary/aromatic N) is 1. The van der Waals surface area contributed by atoms with Crippen LogP contribution in [0, 0.1) is 0 Å². The third kappa shape index (κ3) is 3.37. The van der Waals surface area contributed by atoms with Crippen molar-refractivity contribution in [2.75, 3.05) is 34.4 Å². The van der Waals surface area contributed by atoms with Gasteiger partial charge in [-0.2, -0.15) is 4.31 Å². The number of hydrogen-bond acceptors (Lipinski definition) is 5. The van der Waals surface area contributed by atoms with Crippen molar-refractivity contribution in [2.45, 2.75) is 23.9 Å². The Morgan fingerprint density at radius 3 is 2.81 bits per heavy atom. The first-order valence-corrected chi connectivity index (χ1v) is 8.32. The fourth-order valence-corrected chi connectivity index (χ4v) is 3.84. The summed E-state index contributed by atoms with van der Waals surface area (Å²) < 4.78 is 37.3. The van der Waals surface area contributed by atoms with Crippen molar-refractivity contribution in [2.24, 2.45) is 0 Å². The quantitative estimate of drug-likeness (QED) is 0.842. The van der Waals surface area contributed by atoms with E-state index in [9.17, 15) is 8.42 Å². The number of hydrogen-bond donors (Lipinski definition) is 1. The lowest BCUT2D eigenvalue weighted by Crippen LogP contribution is -2.37. The molecule has 1 N–H and O–H groups in total. The van der Waals surface area contributed by atoms with Crippen molar-refractivity contribution in [1.29, 1.82) is 0 Å². The van der Waals surface area contributed by atoms with Gasteiger partial charge in [0.25, 0.3) is 0 Å². The summed E-state index contributed by atoms with van der Waals surface area (Å²) in [6, 6.07) is 4.85. The van der Waals surface area contributed by atoms with Gasteiger partial charge in [0.05, 0.1) is 24.7 Å². The monoisotopic (exact) mass is 314 g/mol. The van der Waals surface area contributed by atoms with Crippen molar-refractivity contribution in [3.8, 4) is 5.75 Å². The third-order valence-corrected chi connectivity index (χ3v) is 5.62. The second-order valence-corrected chi connectivity index (χ2v) is 7.04. The molecule has 0 aliphatic carbocycles. The van der Waals surface area contributed by atoms with Gasteiger partial charge in [-0.05, 0) is 31.7 Å². The van der Waals surface area contributed by atoms with Crippen LogP contribution in [0.25, 0.3) is 0 Å². The van der Waals surface area contributed by atoms with Crippen LogP contribution in [0.3, 0.4) is 0 Å². The maximum atomic E-state index is 12.7. The molecule has 0 aromatic heterocycles. The highest BCUT2D eigenvalue weighted by Gasteiger charge is 2.31. The first-order valence-electron chi connectivity index (χ1n) is 6.88. The molecule has 0 amide bonds. The van der Waals surface area contributed by atoms with Gasteiger partial charge in [-0.15, -0.1) is 0 Å². The molecule has 1 aliphatic heterocycles. The number of nitrogens with one attached hydrogen (secondary N) is 1. The molecule has 1 unspecified atom stereocenters. The van der Waals surface area contributed by atoms with Gasteiger partial charge in [0.15, 0.2) is 0 Å². The predicted octanol–water partition coefficient (Wildman–Crippen LogP) is 0.824. The summed E-state index contributed by atoms with van der Waals surface area (Å²) in [5.41, 5.74) is 0.817. The van der Waals surface area contributed by atoms with E-state index in [0.717, 1.165) is 12.0 Å². The van der Waals surface area contributed by atoms with E-state index >= 15 is 0 Å². The molecule has 0 saturated carbocycles. The summed E-state index contributed by atoms with van der Waals surface area (Å²) >= 11 is 0. The first kappa shape index (κ1) is 16.2. The zero-order valence-corrected chi connectivity index (χ0v) is 13.4. The Labute approximate surface area is 126 Å². The largest absolute Gasteiger partial charge is 0.496 e. The second kappa shape index (κ2) is 6.74. The van der Waals surface area contributed by atoms with Crippen molar-refractivity contribution >= 4 is 10.0 Å². The second-order valence-electron chi connectivity index (χ2n) is 5.04. The Morgan fingerprint density at radius 2 is 2.24 bits per heavy atom. The van der Waals surface area contributed by atoms with Crippen LogP contribution in [0.15, 0.2) is 23.1 Å². The molecule has 118 valence electrons. The van der Waals surface area contributed by atoms with E-state index in [2.05, 4.69) is 5.32 Å². The minimum absolute atomic E-state index is 0.0927. The van der Waals surface area contributed by atoms with Gasteiger partial charge >= 0.3 is 0 Å². The van der Waals surface area contributed by atoms with Gasteiger partial charge in [0.2, 0.25) is 10.0 Å². The van der Waals surface area contributed by atoms with Gasteiger partial charge in [-0.1, -0.05) is 0 Å². The Kier molecular flexibility index (Phi) is 5.21. The minimum Gasteiger partial charge on any atom is -0.496 e. The van der Waals surface area contributed by atoms with E-state index in [-0.39, 0.29) is 10.9 Å². The highest BCUT2D eigenvalue weighted by atomic mass is 32.2. The molecule has 7 heteroatoms. The normalized spacial score (nSPS) is 19.1. The molecular formula is C14H22N2O4S. The van der Waals surface area contributed by atoms with Crippen LogP contribution in [-0.4, -0.2) is 53.2 Å². The summed E-state index contributed by atoms with van der Waals surface area (Å²) in [6.45, 7) is 1.61. The van der Waals surface area contributed by atoms with E-state index in [1.165, 1.54) is 4.31 Å². The standard InChI is InChI=1S/C14H22N2O4S/c1-15-9-11-8-13(4-5-14(11)19-3)21(17,18)16(2)12-6-7-20-10-12/h4-5,8,12,15H,6-7,9-10H2,1-3H3. The highest BCUT2D eigenvalue weighted by molar-refractivity contribution is 7.89. The molecule has 2 rings (SSSR count). The molecule has 1 fully saturated rings. The molecular weight excluding hydrogens is 292 g/mol. The first-order chi connectivity index (χ1) is 10.0. The summed E-state index contributed by atoms with van der Waals surface area (Å²) in [5.74, 6) is 0.676. The Bertz CT molecular complexity index is 583. The zero-order chi connectivity index (χ0) is 15.5. The van der Waals surface area contributed by atoms with E-state index in [1.807, 2.05) is 7.05 Å². The predicted molar refractivity (Wildman–Crippen MR) is 79.9 cm³/mol. The van der Waals surface area contributed by atoms with E-state index in [4.69, 9.17) is 9.47 Å². The van der Waals surface area contributed by atoms with Crippen molar-refractivity contribution in [1.82, 2.24) is 9.62 Å². The maximum absolute atomic E-state index is 12.7. The lowest BCUT2D eigenvalue weighted by atomic mass is 10.2. The Hall–Kier alpha value is -1.15. The maximum Gasteiger partial charge on any atom is 0.243 e. The van der Waals surface area contributed by atoms with E-state index in [1.54, 1.807) is 32.4 Å². The van der Waals surface area contributed by atoms with Crippen LogP contribution >= 0.6 is 0 Å².